The van der Waals surface area contributed by atoms with Crippen molar-refractivity contribution in [1.29, 1.82) is 0 Å². The van der Waals surface area contributed by atoms with Crippen LogP contribution >= 0.6 is 11.3 Å². The van der Waals surface area contributed by atoms with Crippen LogP contribution in [0.2, 0.25) is 0 Å². The lowest BCUT2D eigenvalue weighted by Gasteiger charge is -2.43. The number of aromatic nitrogens is 1. The Bertz CT molecular complexity index is 1610. The normalized spacial score (nSPS) is 18.8. The molecule has 4 aromatic rings. The van der Waals surface area contributed by atoms with E-state index >= 15 is 0 Å². The van der Waals surface area contributed by atoms with Crippen molar-refractivity contribution in [2.45, 2.75) is 23.1 Å². The molecule has 0 spiro atoms. The second-order valence-electron chi connectivity index (χ2n) is 9.58. The first-order valence-corrected chi connectivity index (χ1v) is 14.5. The summed E-state index contributed by atoms with van der Waals surface area (Å²) >= 11 is 1.10. The summed E-state index contributed by atoms with van der Waals surface area (Å²) in [5.74, 6) is 0.141. The zero-order chi connectivity index (χ0) is 25.6. The highest BCUT2D eigenvalue weighted by Gasteiger charge is 2.37. The second-order valence-corrected chi connectivity index (χ2v) is 12.4. The van der Waals surface area contributed by atoms with Gasteiger partial charge in [0.1, 0.15) is 9.90 Å². The van der Waals surface area contributed by atoms with E-state index in [9.17, 15) is 18.0 Å². The fraction of sp³-hybridized carbons (Fsp3) is 0.214. The molecule has 0 radical (unpaired) electrons. The SMILES string of the molecule is O=C(c1ccc(-c2ccccc2)cc1)N1C[C@@H]2C[C@H](C1)c1ccc(NS(=O)(=O)c3cccs3)c(=O)n1C2. The van der Waals surface area contributed by atoms with E-state index in [1.807, 2.05) is 65.6 Å². The van der Waals surface area contributed by atoms with Crippen LogP contribution in [0.25, 0.3) is 11.1 Å². The minimum Gasteiger partial charge on any atom is -0.338 e. The lowest BCUT2D eigenvalue weighted by molar-refractivity contribution is 0.0594. The van der Waals surface area contributed by atoms with Crippen LogP contribution in [0, 0.1) is 5.92 Å². The molecule has 7 nitrogen and oxygen atoms in total. The van der Waals surface area contributed by atoms with Crippen LogP contribution in [-0.2, 0) is 16.6 Å². The lowest BCUT2D eigenvalue weighted by Crippen LogP contribution is -2.49. The molecule has 188 valence electrons. The fourth-order valence-corrected chi connectivity index (χ4v) is 7.47. The third-order valence-corrected chi connectivity index (χ3v) is 9.90. The topological polar surface area (TPSA) is 88.5 Å². The third kappa shape index (κ3) is 4.49. The maximum absolute atomic E-state index is 13.4. The predicted molar refractivity (Wildman–Crippen MR) is 144 cm³/mol. The number of likely N-dealkylation sites (tertiary alicyclic amines) is 1. The summed E-state index contributed by atoms with van der Waals surface area (Å²) in [5.41, 5.74) is 3.36. The molecule has 0 unspecified atom stereocenters. The second kappa shape index (κ2) is 9.32. The minimum atomic E-state index is -3.81. The minimum absolute atomic E-state index is 0.00885. The van der Waals surface area contributed by atoms with Gasteiger partial charge in [0.15, 0.2) is 0 Å². The van der Waals surface area contributed by atoms with Gasteiger partial charge in [0.2, 0.25) is 0 Å². The summed E-state index contributed by atoms with van der Waals surface area (Å²) in [7, 11) is -3.81. The number of sulfonamides is 1. The largest absolute Gasteiger partial charge is 0.338 e. The summed E-state index contributed by atoms with van der Waals surface area (Å²) in [6.45, 7) is 1.54. The number of carbonyl (C=O) groups excluding carboxylic acids is 1. The molecule has 0 aliphatic carbocycles. The van der Waals surface area contributed by atoms with Gasteiger partial charge < -0.3 is 9.47 Å². The Morgan fingerprint density at radius 2 is 1.62 bits per heavy atom. The van der Waals surface area contributed by atoms with Crippen LogP contribution in [0.5, 0.6) is 0 Å². The number of pyridine rings is 1. The molecule has 0 saturated carbocycles. The molecule has 2 aliphatic heterocycles. The van der Waals surface area contributed by atoms with E-state index < -0.39 is 10.0 Å². The van der Waals surface area contributed by atoms with Crippen LogP contribution in [-0.4, -0.2) is 36.9 Å². The number of nitrogens with zero attached hydrogens (tertiary/aromatic N) is 2. The number of anilines is 1. The first kappa shape index (κ1) is 23.7. The van der Waals surface area contributed by atoms with Gasteiger partial charge in [-0.25, -0.2) is 8.42 Å². The van der Waals surface area contributed by atoms with Gasteiger partial charge in [-0.3, -0.25) is 14.3 Å². The van der Waals surface area contributed by atoms with E-state index in [2.05, 4.69) is 4.72 Å². The third-order valence-electron chi connectivity index (χ3n) is 7.13. The van der Waals surface area contributed by atoms with E-state index in [1.165, 1.54) is 6.07 Å². The number of carbonyl (C=O) groups is 1. The van der Waals surface area contributed by atoms with Crippen LogP contribution in [0.4, 0.5) is 5.69 Å². The molecular formula is C28H25N3O4S2. The molecule has 2 aromatic carbocycles. The average molecular weight is 532 g/mol. The van der Waals surface area contributed by atoms with Crippen LogP contribution < -0.4 is 10.3 Å². The molecule has 37 heavy (non-hydrogen) atoms. The number of thiophene rings is 1. The molecule has 1 fully saturated rings. The first-order chi connectivity index (χ1) is 17.9. The number of piperidine rings is 1. The van der Waals surface area contributed by atoms with Crippen molar-refractivity contribution in [3.05, 3.63) is 106 Å². The summed E-state index contributed by atoms with van der Waals surface area (Å²) in [6, 6.07) is 24.3. The molecule has 9 heteroatoms. The Labute approximate surface area is 219 Å². The van der Waals surface area contributed by atoms with Crippen molar-refractivity contribution in [3.8, 4) is 11.1 Å². The van der Waals surface area contributed by atoms with Gasteiger partial charge in [-0.2, -0.15) is 0 Å². The van der Waals surface area contributed by atoms with Gasteiger partial charge in [-0.15, -0.1) is 11.3 Å². The van der Waals surface area contributed by atoms with Gasteiger partial charge in [-0.05, 0) is 59.2 Å². The highest BCUT2D eigenvalue weighted by molar-refractivity contribution is 7.94. The van der Waals surface area contributed by atoms with Crippen LogP contribution in [0.3, 0.4) is 0 Å². The fourth-order valence-electron chi connectivity index (χ4n) is 5.42. The lowest BCUT2D eigenvalue weighted by atomic mass is 9.83. The van der Waals surface area contributed by atoms with Crippen LogP contribution in [0.1, 0.15) is 28.4 Å². The van der Waals surface area contributed by atoms with Gasteiger partial charge in [0.05, 0.1) is 0 Å². The molecule has 2 aliphatic rings. The van der Waals surface area contributed by atoms with Crippen LogP contribution in [0.15, 0.2) is 93.2 Å². The van der Waals surface area contributed by atoms with Crippen molar-refractivity contribution >= 4 is 33.0 Å². The number of nitrogens with one attached hydrogen (secondary N) is 1. The number of hydrogen-bond donors (Lipinski definition) is 1. The molecule has 4 heterocycles. The van der Waals surface area contributed by atoms with Gasteiger partial charge >= 0.3 is 0 Å². The summed E-state index contributed by atoms with van der Waals surface area (Å²) in [6.07, 6.45) is 0.899. The Hall–Kier alpha value is -3.69. The number of fused-ring (bicyclic) bond motifs is 4. The van der Waals surface area contributed by atoms with Crippen molar-refractivity contribution in [1.82, 2.24) is 9.47 Å². The summed E-state index contributed by atoms with van der Waals surface area (Å²) < 4.78 is 29.6. The van der Waals surface area contributed by atoms with Gasteiger partial charge in [-0.1, -0.05) is 48.5 Å². The van der Waals surface area contributed by atoms with E-state index in [0.29, 0.717) is 25.2 Å². The molecule has 2 bridgehead atoms. The maximum atomic E-state index is 13.4. The number of hydrogen-bond acceptors (Lipinski definition) is 5. The van der Waals surface area contributed by atoms with E-state index in [0.717, 1.165) is 34.6 Å². The number of amides is 1. The van der Waals surface area contributed by atoms with E-state index in [1.54, 1.807) is 22.1 Å². The predicted octanol–water partition coefficient (Wildman–Crippen LogP) is 4.64. The molecule has 6 rings (SSSR count). The number of benzene rings is 2. The summed E-state index contributed by atoms with van der Waals surface area (Å²) in [5, 5.41) is 1.68. The van der Waals surface area contributed by atoms with E-state index in [-0.39, 0.29) is 33.2 Å². The first-order valence-electron chi connectivity index (χ1n) is 12.1. The Morgan fingerprint density at radius 1 is 0.865 bits per heavy atom. The average Bonchev–Trinajstić information content (AvgIpc) is 3.47. The van der Waals surface area contributed by atoms with E-state index in [4.69, 9.17) is 0 Å². The zero-order valence-electron chi connectivity index (χ0n) is 19.9. The summed E-state index contributed by atoms with van der Waals surface area (Å²) in [4.78, 5) is 28.5. The highest BCUT2D eigenvalue weighted by Crippen LogP contribution is 2.36. The molecule has 2 aromatic heterocycles. The quantitative estimate of drug-likeness (QED) is 0.407. The number of rotatable bonds is 5. The monoisotopic (exact) mass is 531 g/mol. The van der Waals surface area contributed by atoms with Crippen molar-refractivity contribution in [2.24, 2.45) is 5.92 Å². The standard InChI is InChI=1S/C28H25N3O4S2/c32-27(22-10-8-21(9-11-22)20-5-2-1-3-6-20)30-16-19-15-23(18-30)25-13-12-24(28(33)31(25)17-19)29-37(34,35)26-7-4-14-36-26/h1-14,19,23,29H,15-18H2/t19-,23+/m0/s1. The highest BCUT2D eigenvalue weighted by atomic mass is 32.2. The Morgan fingerprint density at radius 3 is 2.35 bits per heavy atom. The molecule has 2 atom stereocenters. The maximum Gasteiger partial charge on any atom is 0.275 e. The van der Waals surface area contributed by atoms with Gasteiger partial charge in [0.25, 0.3) is 21.5 Å². The van der Waals surface area contributed by atoms with Gasteiger partial charge in [0, 0.05) is 36.8 Å². The zero-order valence-corrected chi connectivity index (χ0v) is 21.5. The Kier molecular flexibility index (Phi) is 5.97. The Balaban J connectivity index is 1.21. The molecular weight excluding hydrogens is 506 g/mol. The van der Waals surface area contributed by atoms with Crippen molar-refractivity contribution in [3.63, 3.8) is 0 Å². The van der Waals surface area contributed by atoms with Crippen molar-refractivity contribution in [2.75, 3.05) is 17.8 Å². The van der Waals surface area contributed by atoms with Crippen molar-refractivity contribution < 1.29 is 13.2 Å². The molecule has 1 amide bonds. The smallest absolute Gasteiger partial charge is 0.275 e. The molecule has 1 N–H and O–H groups in total. The molecule has 1 saturated heterocycles.